The van der Waals surface area contributed by atoms with Crippen LogP contribution in [0.1, 0.15) is 64.4 Å². The maximum absolute atomic E-state index is 5.56. The van der Waals surface area contributed by atoms with Crippen molar-refractivity contribution in [1.82, 2.24) is 0 Å². The molecule has 1 aliphatic heterocycles. The van der Waals surface area contributed by atoms with Crippen molar-refractivity contribution in [2.75, 3.05) is 19.8 Å². The minimum Gasteiger partial charge on any atom is -0.376 e. The average molecular weight is 304 g/mol. The first kappa shape index (κ1) is 17.5. The van der Waals surface area contributed by atoms with Gasteiger partial charge in [-0.05, 0) is 28.8 Å². The maximum atomic E-state index is 5.56. The number of hydrogen-bond acceptors (Lipinski definition) is 2. The van der Waals surface area contributed by atoms with Crippen LogP contribution in [0, 0.1) is 10.4 Å². The van der Waals surface area contributed by atoms with Crippen LogP contribution in [0.25, 0.3) is 0 Å². The normalized spacial score (nSPS) is 18.5. The molecule has 2 nitrogen and oxygen atoms in total. The van der Waals surface area contributed by atoms with Crippen LogP contribution in [0.4, 0.5) is 0 Å². The Kier molecular flexibility index (Phi) is 7.96. The molecule has 1 unspecified atom stereocenters. The molecular weight excluding hydrogens is 272 g/mol. The van der Waals surface area contributed by atoms with Gasteiger partial charge in [0.25, 0.3) is 0 Å². The van der Waals surface area contributed by atoms with E-state index in [1.165, 1.54) is 61.8 Å². The molecule has 0 N–H and O–H groups in total. The third-order valence-electron chi connectivity index (χ3n) is 4.45. The molecule has 1 saturated heterocycles. The smallest absolute Gasteiger partial charge is 0.0809 e. The van der Waals surface area contributed by atoms with Crippen molar-refractivity contribution in [3.63, 3.8) is 0 Å². The average Bonchev–Trinajstić information content (AvgIpc) is 2.53. The SMILES string of the molecule is CCCCCCCC1COCCO1.CCCc1cc2ccc1=2. The molecule has 2 heteroatoms. The van der Waals surface area contributed by atoms with Crippen LogP contribution in [-0.2, 0) is 15.9 Å². The molecule has 3 rings (SSSR count). The van der Waals surface area contributed by atoms with Crippen LogP contribution in [0.3, 0.4) is 0 Å². The van der Waals surface area contributed by atoms with E-state index in [-0.39, 0.29) is 0 Å². The summed E-state index contributed by atoms with van der Waals surface area (Å²) in [6, 6.07) is 6.67. The van der Waals surface area contributed by atoms with Crippen LogP contribution < -0.4 is 0 Å². The van der Waals surface area contributed by atoms with Crippen molar-refractivity contribution in [2.24, 2.45) is 0 Å². The molecule has 1 atom stereocenters. The van der Waals surface area contributed by atoms with Crippen LogP contribution in [0.15, 0.2) is 18.2 Å². The van der Waals surface area contributed by atoms with E-state index in [4.69, 9.17) is 9.47 Å². The van der Waals surface area contributed by atoms with E-state index in [2.05, 4.69) is 32.0 Å². The Hall–Kier alpha value is -0.860. The van der Waals surface area contributed by atoms with Gasteiger partial charge in [-0.2, -0.15) is 0 Å². The Bertz CT molecular complexity index is 503. The minimum absolute atomic E-state index is 0.385. The van der Waals surface area contributed by atoms with E-state index in [1.54, 1.807) is 5.56 Å². The zero-order valence-corrected chi connectivity index (χ0v) is 14.4. The van der Waals surface area contributed by atoms with Crippen molar-refractivity contribution in [3.8, 4) is 0 Å². The number of benzene rings is 1. The quantitative estimate of drug-likeness (QED) is 0.639. The highest BCUT2D eigenvalue weighted by atomic mass is 16.6. The van der Waals surface area contributed by atoms with Gasteiger partial charge in [0.15, 0.2) is 0 Å². The van der Waals surface area contributed by atoms with Gasteiger partial charge in [0, 0.05) is 0 Å². The number of ether oxygens (including phenoxy) is 2. The van der Waals surface area contributed by atoms with E-state index in [9.17, 15) is 0 Å². The minimum atomic E-state index is 0.385. The number of rotatable bonds is 8. The predicted octanol–water partition coefficient (Wildman–Crippen LogP) is 5.00. The monoisotopic (exact) mass is 304 g/mol. The van der Waals surface area contributed by atoms with Gasteiger partial charge in [0.05, 0.1) is 25.9 Å². The van der Waals surface area contributed by atoms with Crippen LogP contribution in [-0.4, -0.2) is 25.9 Å². The van der Waals surface area contributed by atoms with Gasteiger partial charge < -0.3 is 9.47 Å². The first-order valence-electron chi connectivity index (χ1n) is 9.17. The largest absolute Gasteiger partial charge is 0.376 e. The highest BCUT2D eigenvalue weighted by Crippen LogP contribution is 2.16. The summed E-state index contributed by atoms with van der Waals surface area (Å²) in [5.74, 6) is 0. The van der Waals surface area contributed by atoms with Crippen molar-refractivity contribution in [3.05, 3.63) is 34.2 Å². The fourth-order valence-electron chi connectivity index (χ4n) is 3.02. The number of hydrogen-bond donors (Lipinski definition) is 0. The first-order chi connectivity index (χ1) is 10.8. The molecule has 0 amide bonds. The van der Waals surface area contributed by atoms with Crippen LogP contribution in [0.5, 0.6) is 0 Å². The van der Waals surface area contributed by atoms with Crippen molar-refractivity contribution < 1.29 is 9.47 Å². The molecule has 0 saturated carbocycles. The molecule has 22 heavy (non-hydrogen) atoms. The molecule has 124 valence electrons. The predicted molar refractivity (Wildman–Crippen MR) is 92.0 cm³/mol. The zero-order valence-electron chi connectivity index (χ0n) is 14.4. The van der Waals surface area contributed by atoms with Gasteiger partial charge in [0.1, 0.15) is 0 Å². The summed E-state index contributed by atoms with van der Waals surface area (Å²) in [6.45, 7) is 6.86. The topological polar surface area (TPSA) is 18.5 Å². The number of unbranched alkanes of at least 4 members (excludes halogenated alkanes) is 4. The van der Waals surface area contributed by atoms with Gasteiger partial charge in [-0.3, -0.25) is 0 Å². The molecule has 1 fully saturated rings. The molecule has 0 radical (unpaired) electrons. The Morgan fingerprint density at radius 2 is 1.86 bits per heavy atom. The zero-order chi connectivity index (χ0) is 15.6. The Balaban J connectivity index is 0.000000170. The summed E-state index contributed by atoms with van der Waals surface area (Å²) >= 11 is 0. The molecule has 0 aromatic heterocycles. The van der Waals surface area contributed by atoms with E-state index in [1.807, 2.05) is 0 Å². The summed E-state index contributed by atoms with van der Waals surface area (Å²) in [6.07, 6.45) is 10.8. The standard InChI is InChI=1S/C11H22O2.C9H10/c1-2-3-4-5-6-7-11-10-12-8-9-13-11;1-2-3-7-6-8-4-5-9(7)8/h11H,2-10H2,1H3;4-6H,2-3H2,1H3. The Morgan fingerprint density at radius 3 is 2.41 bits per heavy atom. The molecule has 0 bridgehead atoms. The second-order valence-electron chi connectivity index (χ2n) is 6.39. The van der Waals surface area contributed by atoms with Gasteiger partial charge in [-0.15, -0.1) is 0 Å². The summed E-state index contributed by atoms with van der Waals surface area (Å²) in [5.41, 5.74) is 1.56. The lowest BCUT2D eigenvalue weighted by molar-refractivity contribution is -0.0912. The van der Waals surface area contributed by atoms with Gasteiger partial charge in [0.2, 0.25) is 0 Å². The molecule has 0 spiro atoms. The fourth-order valence-corrected chi connectivity index (χ4v) is 3.02. The lowest BCUT2D eigenvalue weighted by atomic mass is 9.96. The summed E-state index contributed by atoms with van der Waals surface area (Å²) in [5, 5.41) is 3.00. The van der Waals surface area contributed by atoms with Gasteiger partial charge in [-0.1, -0.05) is 70.6 Å². The third kappa shape index (κ3) is 5.40. The van der Waals surface area contributed by atoms with E-state index >= 15 is 0 Å². The van der Waals surface area contributed by atoms with E-state index in [0.29, 0.717) is 6.10 Å². The molecule has 2 aliphatic carbocycles. The summed E-state index contributed by atoms with van der Waals surface area (Å²) in [4.78, 5) is 0. The molecule has 0 aromatic rings. The molecule has 1 heterocycles. The molecule has 0 aromatic carbocycles. The molecule has 3 aliphatic rings. The van der Waals surface area contributed by atoms with E-state index < -0.39 is 0 Å². The fraction of sp³-hybridized carbons (Fsp3) is 0.700. The highest BCUT2D eigenvalue weighted by Gasteiger charge is 2.12. The van der Waals surface area contributed by atoms with Crippen LogP contribution >= 0.6 is 0 Å². The molecular formula is C20H32O2. The van der Waals surface area contributed by atoms with Crippen molar-refractivity contribution in [1.29, 1.82) is 0 Å². The van der Waals surface area contributed by atoms with E-state index in [0.717, 1.165) is 19.8 Å². The van der Waals surface area contributed by atoms with Crippen molar-refractivity contribution in [2.45, 2.75) is 71.3 Å². The second kappa shape index (κ2) is 10.0. The Labute approximate surface area is 135 Å². The summed E-state index contributed by atoms with van der Waals surface area (Å²) in [7, 11) is 0. The maximum Gasteiger partial charge on any atom is 0.0809 e. The second-order valence-corrected chi connectivity index (χ2v) is 6.39. The van der Waals surface area contributed by atoms with Gasteiger partial charge >= 0.3 is 0 Å². The lowest BCUT2D eigenvalue weighted by Gasteiger charge is -2.22. The third-order valence-corrected chi connectivity index (χ3v) is 4.45. The lowest BCUT2D eigenvalue weighted by Crippen LogP contribution is -2.28. The Morgan fingerprint density at radius 1 is 1.00 bits per heavy atom. The highest BCUT2D eigenvalue weighted by molar-refractivity contribution is 5.33. The summed E-state index contributed by atoms with van der Waals surface area (Å²) < 4.78 is 10.9. The number of aryl methyl sites for hydroxylation is 1. The van der Waals surface area contributed by atoms with Gasteiger partial charge in [-0.25, -0.2) is 0 Å². The first-order valence-corrected chi connectivity index (χ1v) is 9.17. The van der Waals surface area contributed by atoms with Crippen molar-refractivity contribution >= 4 is 0 Å². The van der Waals surface area contributed by atoms with Crippen LogP contribution in [0.2, 0.25) is 0 Å².